The van der Waals surface area contributed by atoms with Crippen LogP contribution >= 0.6 is 0 Å². The molecule has 48 heavy (non-hydrogen) atoms. The largest absolute Gasteiger partial charge is 0.481 e. The van der Waals surface area contributed by atoms with Crippen molar-refractivity contribution in [1.29, 1.82) is 0 Å². The molecule has 0 saturated heterocycles. The summed E-state index contributed by atoms with van der Waals surface area (Å²) in [6, 6.07) is 0.410. The summed E-state index contributed by atoms with van der Waals surface area (Å²) in [5.41, 5.74) is 0.381. The number of benzene rings is 1. The fourth-order valence-corrected chi connectivity index (χ4v) is 4.79. The lowest BCUT2D eigenvalue weighted by Gasteiger charge is -2.29. The number of hydrogen-bond acceptors (Lipinski definition) is 9. The van der Waals surface area contributed by atoms with E-state index in [1.165, 1.54) is 25.1 Å². The van der Waals surface area contributed by atoms with Crippen LogP contribution in [-0.2, 0) is 33.6 Å². The molecule has 0 fully saturated rings. The van der Waals surface area contributed by atoms with Crippen LogP contribution in [0.3, 0.4) is 0 Å². The topological polar surface area (TPSA) is 250 Å². The van der Waals surface area contributed by atoms with E-state index in [1.807, 2.05) is 0 Å². The Kier molecular flexibility index (Phi) is 14.3. The van der Waals surface area contributed by atoms with E-state index in [9.17, 15) is 48.6 Å². The van der Waals surface area contributed by atoms with E-state index < -0.39 is 90.0 Å². The number of carboxylic acid groups (broad SMARTS) is 2. The molecule has 5 atom stereocenters. The van der Waals surface area contributed by atoms with Gasteiger partial charge in [0.1, 0.15) is 29.8 Å². The monoisotopic (exact) mass is 673 g/mol. The molecule has 0 bridgehead atoms. The first kappa shape index (κ1) is 38.9. The van der Waals surface area contributed by atoms with Crippen molar-refractivity contribution in [3.63, 3.8) is 0 Å². The average Bonchev–Trinajstić information content (AvgIpc) is 2.98. The summed E-state index contributed by atoms with van der Waals surface area (Å²) in [7, 11) is 0. The predicted octanol–water partition coefficient (Wildman–Crippen LogP) is 1.04. The zero-order valence-electron chi connectivity index (χ0n) is 27.7. The second-order valence-electron chi connectivity index (χ2n) is 11.9. The van der Waals surface area contributed by atoms with Gasteiger partial charge in [0.15, 0.2) is 0 Å². The number of rotatable bonds is 17. The van der Waals surface area contributed by atoms with Gasteiger partial charge in [0.2, 0.25) is 29.5 Å². The molecule has 1 aromatic carbocycles. The SMILES string of the molecule is CC[C@H](C)[C@H](NC(=O)[C@H](CCC(=O)O)NC(=O)[C@@H](NC(C)=O)C(C)C)C(=O)N[C@H](CC(=O)O)C(=O)Nc1ccc2c(C)cc(=O)oc2c1. The minimum absolute atomic E-state index is 0.161. The third-order valence-corrected chi connectivity index (χ3v) is 7.61. The molecule has 0 aliphatic heterocycles. The molecule has 16 heteroatoms. The fourth-order valence-electron chi connectivity index (χ4n) is 4.79. The normalized spacial score (nSPS) is 14.1. The summed E-state index contributed by atoms with van der Waals surface area (Å²) < 4.78 is 5.19. The maximum absolute atomic E-state index is 13.5. The van der Waals surface area contributed by atoms with Crippen LogP contribution in [0.15, 0.2) is 33.5 Å². The van der Waals surface area contributed by atoms with Crippen LogP contribution in [0.1, 0.15) is 65.9 Å². The molecule has 1 heterocycles. The van der Waals surface area contributed by atoms with Crippen molar-refractivity contribution in [2.75, 3.05) is 5.32 Å². The predicted molar refractivity (Wildman–Crippen MR) is 173 cm³/mol. The fraction of sp³-hybridized carbons (Fsp3) is 0.500. The molecule has 5 amide bonds. The molecule has 262 valence electrons. The second kappa shape index (κ2) is 17.6. The maximum Gasteiger partial charge on any atom is 0.336 e. The van der Waals surface area contributed by atoms with Gasteiger partial charge in [0.05, 0.1) is 6.42 Å². The van der Waals surface area contributed by atoms with Crippen LogP contribution < -0.4 is 32.2 Å². The van der Waals surface area contributed by atoms with Crippen LogP contribution in [-0.4, -0.2) is 75.9 Å². The van der Waals surface area contributed by atoms with Crippen LogP contribution in [0.2, 0.25) is 0 Å². The second-order valence-corrected chi connectivity index (χ2v) is 11.9. The summed E-state index contributed by atoms with van der Waals surface area (Å²) in [4.78, 5) is 99.6. The Morgan fingerprint density at radius 2 is 1.42 bits per heavy atom. The molecule has 7 N–H and O–H groups in total. The summed E-state index contributed by atoms with van der Waals surface area (Å²) in [5.74, 6) is -7.54. The van der Waals surface area contributed by atoms with Gasteiger partial charge in [0.25, 0.3) is 0 Å². The minimum Gasteiger partial charge on any atom is -0.481 e. The van der Waals surface area contributed by atoms with Gasteiger partial charge in [-0.25, -0.2) is 4.79 Å². The summed E-state index contributed by atoms with van der Waals surface area (Å²) in [6.45, 7) is 9.60. The first-order valence-corrected chi connectivity index (χ1v) is 15.4. The van der Waals surface area contributed by atoms with Crippen LogP contribution in [0.4, 0.5) is 5.69 Å². The van der Waals surface area contributed by atoms with Gasteiger partial charge in [0, 0.05) is 36.6 Å². The average molecular weight is 674 g/mol. The highest BCUT2D eigenvalue weighted by molar-refractivity contribution is 6.01. The smallest absolute Gasteiger partial charge is 0.336 e. The highest BCUT2D eigenvalue weighted by Gasteiger charge is 2.34. The summed E-state index contributed by atoms with van der Waals surface area (Å²) >= 11 is 0. The Hall–Kier alpha value is -5.28. The number of hydrogen-bond donors (Lipinski definition) is 7. The Labute approximate surface area is 276 Å². The van der Waals surface area contributed by atoms with Crippen LogP contribution in [0, 0.1) is 18.8 Å². The number of anilines is 1. The molecule has 0 radical (unpaired) electrons. The van der Waals surface area contributed by atoms with E-state index in [4.69, 9.17) is 4.42 Å². The van der Waals surface area contributed by atoms with E-state index >= 15 is 0 Å². The highest BCUT2D eigenvalue weighted by atomic mass is 16.4. The van der Waals surface area contributed by atoms with Gasteiger partial charge in [-0.2, -0.15) is 0 Å². The van der Waals surface area contributed by atoms with Gasteiger partial charge in [-0.05, 0) is 42.9 Å². The zero-order valence-corrected chi connectivity index (χ0v) is 27.7. The summed E-state index contributed by atoms with van der Waals surface area (Å²) in [6.07, 6.45) is -1.33. The molecule has 0 aliphatic rings. The third kappa shape index (κ3) is 11.5. The van der Waals surface area contributed by atoms with Gasteiger partial charge in [-0.1, -0.05) is 34.1 Å². The standard InChI is InChI=1S/C32H43N5O11/c1-7-16(4)28(37-29(44)21(10-11-24(39)40)35-31(46)27(15(2)3)33-18(6)38)32(47)36-22(14-25(41)42)30(45)34-19-8-9-20-17(5)12-26(43)48-23(20)13-19/h8-9,12-13,15-16,21-22,27-28H,7,10-11,14H2,1-6H3,(H,33,38)(H,34,45)(H,35,46)(H,36,47)(H,37,44)(H,39,40)(H,41,42)/t16-,21-,22+,27-,28-/m0/s1. The number of nitrogens with one attached hydrogen (secondary N) is 5. The van der Waals surface area contributed by atoms with Crippen molar-refractivity contribution in [3.8, 4) is 0 Å². The number of carbonyl (C=O) groups is 7. The molecule has 0 unspecified atom stereocenters. The number of carbonyl (C=O) groups excluding carboxylic acids is 5. The van der Waals surface area contributed by atoms with Crippen molar-refractivity contribution in [2.24, 2.45) is 11.8 Å². The van der Waals surface area contributed by atoms with Crippen LogP contribution in [0.25, 0.3) is 11.0 Å². The molecule has 0 aliphatic carbocycles. The number of fused-ring (bicyclic) bond motifs is 1. The van der Waals surface area contributed by atoms with E-state index in [2.05, 4.69) is 26.6 Å². The minimum atomic E-state index is -1.61. The van der Waals surface area contributed by atoms with Gasteiger partial charge in [-0.3, -0.25) is 33.6 Å². The molecule has 2 rings (SSSR count). The number of aryl methyl sites for hydroxylation is 1. The maximum atomic E-state index is 13.5. The van der Waals surface area contributed by atoms with E-state index in [0.29, 0.717) is 17.4 Å². The zero-order chi connectivity index (χ0) is 36.3. The lowest BCUT2D eigenvalue weighted by atomic mass is 9.96. The van der Waals surface area contributed by atoms with Gasteiger partial charge < -0.3 is 41.2 Å². The van der Waals surface area contributed by atoms with Gasteiger partial charge >= 0.3 is 17.6 Å². The molecule has 16 nitrogen and oxygen atoms in total. The van der Waals surface area contributed by atoms with E-state index in [-0.39, 0.29) is 23.6 Å². The Morgan fingerprint density at radius 1 is 0.792 bits per heavy atom. The Balaban J connectivity index is 2.31. The number of amides is 5. The third-order valence-electron chi connectivity index (χ3n) is 7.61. The first-order valence-electron chi connectivity index (χ1n) is 15.4. The lowest BCUT2D eigenvalue weighted by Crippen LogP contribution is -2.60. The van der Waals surface area contributed by atoms with Crippen molar-refractivity contribution < 1.29 is 48.2 Å². The lowest BCUT2D eigenvalue weighted by molar-refractivity contribution is -0.141. The van der Waals surface area contributed by atoms with E-state index in [1.54, 1.807) is 40.7 Å². The van der Waals surface area contributed by atoms with Crippen molar-refractivity contribution in [3.05, 3.63) is 40.2 Å². The molecule has 0 spiro atoms. The van der Waals surface area contributed by atoms with E-state index in [0.717, 1.165) is 0 Å². The quantitative estimate of drug-likeness (QED) is 0.117. The molecular formula is C32H43N5O11. The molecule has 0 saturated carbocycles. The first-order chi connectivity index (χ1) is 22.4. The Morgan fingerprint density at radius 3 is 1.98 bits per heavy atom. The van der Waals surface area contributed by atoms with Crippen molar-refractivity contribution in [2.45, 2.75) is 91.4 Å². The molecule has 1 aromatic heterocycles. The summed E-state index contributed by atoms with van der Waals surface area (Å²) in [5, 5.41) is 31.7. The van der Waals surface area contributed by atoms with Crippen molar-refractivity contribution in [1.82, 2.24) is 21.3 Å². The van der Waals surface area contributed by atoms with Crippen LogP contribution in [0.5, 0.6) is 0 Å². The van der Waals surface area contributed by atoms with Crippen molar-refractivity contribution >= 4 is 58.1 Å². The molecular weight excluding hydrogens is 630 g/mol. The number of carboxylic acids is 2. The number of aliphatic carboxylic acids is 2. The Bertz CT molecular complexity index is 1600. The molecule has 2 aromatic rings. The highest BCUT2D eigenvalue weighted by Crippen LogP contribution is 2.21. The van der Waals surface area contributed by atoms with Gasteiger partial charge in [-0.15, -0.1) is 0 Å².